The Bertz CT molecular complexity index is 751. The van der Waals surface area contributed by atoms with Crippen LogP contribution in [-0.4, -0.2) is 18.4 Å². The smallest absolute Gasteiger partial charge is 0.243 e. The van der Waals surface area contributed by atoms with E-state index in [1.54, 1.807) is 24.3 Å². The molecule has 0 fully saturated rings. The third kappa shape index (κ3) is 5.24. The minimum absolute atomic E-state index is 0.108. The number of nitrogens with zero attached hydrogens (tertiary/aromatic N) is 1. The lowest BCUT2D eigenvalue weighted by Crippen LogP contribution is -2.33. The number of hydrogen-bond acceptors (Lipinski definition) is 3. The summed E-state index contributed by atoms with van der Waals surface area (Å²) in [7, 11) is 0. The summed E-state index contributed by atoms with van der Waals surface area (Å²) in [5, 5.41) is 13.9. The van der Waals surface area contributed by atoms with E-state index >= 15 is 0 Å². The molecule has 116 valence electrons. The van der Waals surface area contributed by atoms with E-state index in [0.29, 0.717) is 11.3 Å². The van der Waals surface area contributed by atoms with Gasteiger partial charge in [0.25, 0.3) is 0 Å². The zero-order valence-corrected chi connectivity index (χ0v) is 13.8. The Labute approximate surface area is 142 Å². The minimum atomic E-state index is -0.324. The lowest BCUT2D eigenvalue weighted by Gasteiger charge is -2.08. The first kappa shape index (κ1) is 16.7. The molecule has 0 aliphatic heterocycles. The third-order valence-electron chi connectivity index (χ3n) is 3.05. The summed E-state index contributed by atoms with van der Waals surface area (Å²) in [5.74, 6) is -0.554. The first-order chi connectivity index (χ1) is 11.1. The topological polar surface area (TPSA) is 82.0 Å². The molecule has 2 N–H and O–H groups in total. The summed E-state index contributed by atoms with van der Waals surface area (Å²) in [5.41, 5.74) is 1.95. The molecule has 23 heavy (non-hydrogen) atoms. The standard InChI is InChI=1S/C17H14BrN3O2/c18-15-4-2-1-3-13(15)9-16(22)20-11-17(23)21-14-7-5-12(10-19)6-8-14/h1-8H,9,11H2,(H,20,22)(H,21,23). The van der Waals surface area contributed by atoms with Crippen molar-refractivity contribution < 1.29 is 9.59 Å². The predicted octanol–water partition coefficient (Wildman–Crippen LogP) is 2.62. The summed E-state index contributed by atoms with van der Waals surface area (Å²) in [4.78, 5) is 23.6. The van der Waals surface area contributed by atoms with Crippen LogP contribution in [0.3, 0.4) is 0 Å². The molecule has 0 aliphatic rings. The van der Waals surface area contributed by atoms with Gasteiger partial charge in [-0.05, 0) is 35.9 Å². The van der Waals surface area contributed by atoms with Crippen molar-refractivity contribution in [2.24, 2.45) is 0 Å². The van der Waals surface area contributed by atoms with E-state index in [4.69, 9.17) is 5.26 Å². The maximum atomic E-state index is 11.9. The number of carbonyl (C=O) groups is 2. The number of amides is 2. The van der Waals surface area contributed by atoms with Gasteiger partial charge in [0.2, 0.25) is 11.8 Å². The molecule has 0 bridgehead atoms. The fourth-order valence-electron chi connectivity index (χ4n) is 1.89. The molecule has 0 radical (unpaired) electrons. The highest BCUT2D eigenvalue weighted by molar-refractivity contribution is 9.10. The van der Waals surface area contributed by atoms with Gasteiger partial charge in [0, 0.05) is 10.2 Å². The Morgan fingerprint density at radius 2 is 1.74 bits per heavy atom. The normalized spacial score (nSPS) is 9.74. The first-order valence-electron chi connectivity index (χ1n) is 6.88. The van der Waals surface area contributed by atoms with Crippen LogP contribution in [-0.2, 0) is 16.0 Å². The number of halogens is 1. The Morgan fingerprint density at radius 1 is 1.04 bits per heavy atom. The van der Waals surface area contributed by atoms with E-state index in [9.17, 15) is 9.59 Å². The number of rotatable bonds is 5. The molecule has 0 aromatic heterocycles. The van der Waals surface area contributed by atoms with Gasteiger partial charge < -0.3 is 10.6 Å². The van der Waals surface area contributed by atoms with Crippen molar-refractivity contribution in [1.82, 2.24) is 5.32 Å². The molecule has 2 aromatic rings. The van der Waals surface area contributed by atoms with Crippen LogP contribution in [0.5, 0.6) is 0 Å². The van der Waals surface area contributed by atoms with Crippen LogP contribution < -0.4 is 10.6 Å². The maximum Gasteiger partial charge on any atom is 0.243 e. The van der Waals surface area contributed by atoms with Crippen LogP contribution in [0.15, 0.2) is 53.0 Å². The van der Waals surface area contributed by atoms with E-state index in [0.717, 1.165) is 10.0 Å². The average molecular weight is 372 g/mol. The van der Waals surface area contributed by atoms with Crippen LogP contribution in [0.25, 0.3) is 0 Å². The van der Waals surface area contributed by atoms with Crippen molar-refractivity contribution in [3.8, 4) is 6.07 Å². The van der Waals surface area contributed by atoms with E-state index in [-0.39, 0.29) is 24.8 Å². The van der Waals surface area contributed by atoms with Crippen molar-refractivity contribution in [2.45, 2.75) is 6.42 Å². The zero-order chi connectivity index (χ0) is 16.7. The summed E-state index contributed by atoms with van der Waals surface area (Å²) in [6.07, 6.45) is 0.200. The third-order valence-corrected chi connectivity index (χ3v) is 3.83. The summed E-state index contributed by atoms with van der Waals surface area (Å²) >= 11 is 3.38. The molecule has 2 rings (SSSR count). The Morgan fingerprint density at radius 3 is 2.39 bits per heavy atom. The fraction of sp³-hybridized carbons (Fsp3) is 0.118. The monoisotopic (exact) mass is 371 g/mol. The average Bonchev–Trinajstić information content (AvgIpc) is 2.56. The number of carbonyl (C=O) groups excluding carboxylic acids is 2. The van der Waals surface area contributed by atoms with Crippen molar-refractivity contribution in [3.05, 3.63) is 64.1 Å². The maximum absolute atomic E-state index is 11.9. The second-order valence-electron chi connectivity index (χ2n) is 4.78. The van der Waals surface area contributed by atoms with Gasteiger partial charge >= 0.3 is 0 Å². The molecule has 0 saturated heterocycles. The molecule has 5 nitrogen and oxygen atoms in total. The number of hydrogen-bond donors (Lipinski definition) is 2. The van der Waals surface area contributed by atoms with Gasteiger partial charge in [-0.2, -0.15) is 5.26 Å². The van der Waals surface area contributed by atoms with Gasteiger partial charge in [-0.25, -0.2) is 0 Å². The summed E-state index contributed by atoms with van der Waals surface area (Å²) < 4.78 is 0.859. The van der Waals surface area contributed by atoms with Crippen LogP contribution >= 0.6 is 15.9 Å². The molecule has 6 heteroatoms. The van der Waals surface area contributed by atoms with E-state index < -0.39 is 0 Å². The Kier molecular flexibility index (Phi) is 5.89. The van der Waals surface area contributed by atoms with Crippen molar-refractivity contribution in [2.75, 3.05) is 11.9 Å². The predicted molar refractivity (Wildman–Crippen MR) is 90.6 cm³/mol. The van der Waals surface area contributed by atoms with Gasteiger partial charge in [-0.3, -0.25) is 9.59 Å². The largest absolute Gasteiger partial charge is 0.347 e. The number of anilines is 1. The van der Waals surface area contributed by atoms with E-state index in [1.807, 2.05) is 30.3 Å². The number of nitrogens with one attached hydrogen (secondary N) is 2. The zero-order valence-electron chi connectivity index (χ0n) is 12.2. The highest BCUT2D eigenvalue weighted by Crippen LogP contribution is 2.16. The molecule has 2 amide bonds. The van der Waals surface area contributed by atoms with E-state index in [1.165, 1.54) is 0 Å². The minimum Gasteiger partial charge on any atom is -0.347 e. The molecule has 2 aromatic carbocycles. The molecule has 0 atom stereocenters. The second-order valence-corrected chi connectivity index (χ2v) is 5.64. The van der Waals surface area contributed by atoms with Crippen LogP contribution in [0.4, 0.5) is 5.69 Å². The fourth-order valence-corrected chi connectivity index (χ4v) is 2.31. The Balaban J connectivity index is 1.80. The highest BCUT2D eigenvalue weighted by Gasteiger charge is 2.08. The highest BCUT2D eigenvalue weighted by atomic mass is 79.9. The molecule has 0 heterocycles. The van der Waals surface area contributed by atoms with Gasteiger partial charge in [-0.15, -0.1) is 0 Å². The molecule has 0 saturated carbocycles. The molecular formula is C17H14BrN3O2. The van der Waals surface area contributed by atoms with Crippen molar-refractivity contribution in [3.63, 3.8) is 0 Å². The summed E-state index contributed by atoms with van der Waals surface area (Å²) in [6.45, 7) is -0.108. The quantitative estimate of drug-likeness (QED) is 0.847. The lowest BCUT2D eigenvalue weighted by molar-refractivity contribution is -0.123. The van der Waals surface area contributed by atoms with Crippen LogP contribution in [0.2, 0.25) is 0 Å². The van der Waals surface area contributed by atoms with Crippen LogP contribution in [0.1, 0.15) is 11.1 Å². The second kappa shape index (κ2) is 8.11. The molecule has 0 unspecified atom stereocenters. The van der Waals surface area contributed by atoms with Gasteiger partial charge in [-0.1, -0.05) is 34.1 Å². The van der Waals surface area contributed by atoms with Gasteiger partial charge in [0.05, 0.1) is 24.6 Å². The first-order valence-corrected chi connectivity index (χ1v) is 7.68. The molecule has 0 aliphatic carbocycles. The number of nitriles is 1. The van der Waals surface area contributed by atoms with Crippen LogP contribution in [0, 0.1) is 11.3 Å². The molecular weight excluding hydrogens is 358 g/mol. The summed E-state index contributed by atoms with van der Waals surface area (Å²) in [6, 6.07) is 15.9. The SMILES string of the molecule is N#Cc1ccc(NC(=O)CNC(=O)Cc2ccccc2Br)cc1. The van der Waals surface area contributed by atoms with Crippen molar-refractivity contribution >= 4 is 33.4 Å². The Hall–Kier alpha value is -2.65. The van der Waals surface area contributed by atoms with Crippen molar-refractivity contribution in [1.29, 1.82) is 5.26 Å². The van der Waals surface area contributed by atoms with Gasteiger partial charge in [0.15, 0.2) is 0 Å². The lowest BCUT2D eigenvalue weighted by atomic mass is 10.1. The van der Waals surface area contributed by atoms with E-state index in [2.05, 4.69) is 26.6 Å². The molecule has 0 spiro atoms. The van der Waals surface area contributed by atoms with Gasteiger partial charge in [0.1, 0.15) is 0 Å². The number of benzene rings is 2.